The van der Waals surface area contributed by atoms with Crippen molar-refractivity contribution in [2.24, 2.45) is 5.41 Å². The van der Waals surface area contributed by atoms with Crippen molar-refractivity contribution in [3.05, 3.63) is 0 Å². The van der Waals surface area contributed by atoms with Crippen molar-refractivity contribution >= 4 is 5.97 Å². The zero-order chi connectivity index (χ0) is 6.08. The van der Waals surface area contributed by atoms with Gasteiger partial charge in [-0.1, -0.05) is 0 Å². The number of rotatable bonds is 0. The molecule has 0 fully saturated rings. The van der Waals surface area contributed by atoms with Crippen molar-refractivity contribution in [1.82, 2.24) is 0 Å². The van der Waals surface area contributed by atoms with Crippen molar-refractivity contribution < 1.29 is 9.90 Å². The smallest absolute Gasteiger partial charge is 0.308 e. The van der Waals surface area contributed by atoms with E-state index in [2.05, 4.69) is 0 Å². The normalized spacial score (nSPS) is 11.3. The predicted molar refractivity (Wildman–Crippen MR) is 27.1 cm³/mol. The monoisotopic (exact) mass is 103 g/mol. The summed E-state index contributed by atoms with van der Waals surface area (Å²) in [5.74, 6) is -0.757. The van der Waals surface area contributed by atoms with Gasteiger partial charge < -0.3 is 5.11 Å². The molecule has 0 saturated heterocycles. The van der Waals surface area contributed by atoms with Crippen LogP contribution in [0.25, 0.3) is 0 Å². The summed E-state index contributed by atoms with van der Waals surface area (Å²) in [6.07, 6.45) is 0. The van der Waals surface area contributed by atoms with E-state index in [4.69, 9.17) is 5.11 Å². The van der Waals surface area contributed by atoms with E-state index in [1.807, 2.05) is 0 Å². The highest BCUT2D eigenvalue weighted by atomic mass is 16.5. The minimum atomic E-state index is -0.757. The van der Waals surface area contributed by atoms with Gasteiger partial charge in [0.15, 0.2) is 0 Å². The first-order chi connectivity index (χ1) is 2.94. The molecule has 0 aliphatic carbocycles. The van der Waals surface area contributed by atoms with Crippen molar-refractivity contribution in [2.45, 2.75) is 20.8 Å². The van der Waals surface area contributed by atoms with Crippen LogP contribution >= 0.6 is 0 Å². The van der Waals surface area contributed by atoms with E-state index in [0.717, 1.165) is 0 Å². The Morgan fingerprint density at radius 3 is 1.57 bits per heavy atom. The Hall–Kier alpha value is -0.530. The largest absolute Gasteiger partial charge is 0.481 e. The Morgan fingerprint density at radius 2 is 1.57 bits per heavy atom. The van der Waals surface area contributed by atoms with Gasteiger partial charge in [-0.15, -0.1) is 0 Å². The van der Waals surface area contributed by atoms with Gasteiger partial charge >= 0.3 is 5.97 Å². The van der Waals surface area contributed by atoms with E-state index >= 15 is 0 Å². The molecule has 2 nitrogen and oxygen atoms in total. The molecular formula is C5H10O2. The lowest BCUT2D eigenvalue weighted by Gasteiger charge is -2.08. The van der Waals surface area contributed by atoms with E-state index in [1.165, 1.54) is 0 Å². The summed E-state index contributed by atoms with van der Waals surface area (Å²) in [5.41, 5.74) is -0.583. The second-order valence-corrected chi connectivity index (χ2v) is 2.56. The number of hydrogen-bond donors (Lipinski definition) is 1. The van der Waals surface area contributed by atoms with Gasteiger partial charge in [-0.25, -0.2) is 0 Å². The minimum Gasteiger partial charge on any atom is -0.481 e. The van der Waals surface area contributed by atoms with Crippen molar-refractivity contribution in [2.75, 3.05) is 0 Å². The number of carboxylic acids is 1. The van der Waals surface area contributed by atoms with Crippen LogP contribution in [-0.2, 0) is 4.79 Å². The highest BCUT2D eigenvalue weighted by molar-refractivity contribution is 5.72. The predicted octanol–water partition coefficient (Wildman–Crippen LogP) is 1.12. The molecule has 0 unspecified atom stereocenters. The Bertz CT molecular complexity index is 78.6. The second-order valence-electron chi connectivity index (χ2n) is 2.56. The molecule has 0 rings (SSSR count). The summed E-state index contributed by atoms with van der Waals surface area (Å²) in [6.45, 7) is 4.99. The zero-order valence-electron chi connectivity index (χ0n) is 4.86. The number of aliphatic carboxylic acids is 1. The Kier molecular flexibility index (Phi) is 1.41. The summed E-state index contributed by atoms with van der Waals surface area (Å²) in [4.78, 5) is 10.0. The summed E-state index contributed by atoms with van der Waals surface area (Å²) in [5, 5.41) is 8.25. The molecule has 0 atom stereocenters. The molecular weight excluding hydrogens is 93.0 g/mol. The molecule has 0 amide bonds. The molecule has 7 heavy (non-hydrogen) atoms. The van der Waals surface area contributed by atoms with Crippen LogP contribution in [0.3, 0.4) is 0 Å². The fraction of sp³-hybridized carbons (Fsp3) is 0.800. The van der Waals surface area contributed by atoms with Crippen LogP contribution in [0.15, 0.2) is 0 Å². The fourth-order valence-electron chi connectivity index (χ4n) is 0. The van der Waals surface area contributed by atoms with E-state index in [-0.39, 0.29) is 0 Å². The molecule has 0 radical (unpaired) electrons. The molecule has 0 saturated carbocycles. The van der Waals surface area contributed by atoms with Crippen LogP contribution in [0.4, 0.5) is 0 Å². The first-order valence-electron chi connectivity index (χ1n) is 2.18. The van der Waals surface area contributed by atoms with Crippen LogP contribution in [0.1, 0.15) is 20.8 Å². The molecule has 0 aromatic carbocycles. The lowest BCUT2D eigenvalue weighted by molar-refractivity contribution is -0.145. The van der Waals surface area contributed by atoms with Crippen LogP contribution < -0.4 is 0 Å². The van der Waals surface area contributed by atoms with Gasteiger partial charge in [-0.3, -0.25) is 4.79 Å². The highest BCUT2D eigenvalue weighted by Gasteiger charge is 2.18. The summed E-state index contributed by atoms with van der Waals surface area (Å²) in [7, 11) is 0. The first-order valence-corrected chi connectivity index (χ1v) is 2.18. The van der Waals surface area contributed by atoms with Gasteiger partial charge in [0, 0.05) is 0 Å². The third-order valence-corrected chi connectivity index (χ3v) is 0.642. The Labute approximate surface area is 43.2 Å². The number of carbonyl (C=O) groups is 1. The van der Waals surface area contributed by atoms with Gasteiger partial charge in [0.05, 0.1) is 5.41 Å². The Balaban J connectivity index is 3.79. The SMILES string of the molecule is CC(C)(C)[13C](=O)O. The molecule has 0 aliphatic heterocycles. The molecule has 0 aromatic rings. The summed E-state index contributed by atoms with van der Waals surface area (Å²) >= 11 is 0. The standard InChI is InChI=1S/C5H10O2/c1-5(2,3)4(6)7/h1-3H3,(H,6,7)/i4+1. The van der Waals surface area contributed by atoms with Gasteiger partial charge in [-0.2, -0.15) is 0 Å². The summed E-state index contributed by atoms with van der Waals surface area (Å²) in [6, 6.07) is 0. The van der Waals surface area contributed by atoms with Crippen molar-refractivity contribution in [3.63, 3.8) is 0 Å². The van der Waals surface area contributed by atoms with Gasteiger partial charge in [0.1, 0.15) is 0 Å². The van der Waals surface area contributed by atoms with E-state index < -0.39 is 11.4 Å². The first kappa shape index (κ1) is 6.47. The topological polar surface area (TPSA) is 37.3 Å². The van der Waals surface area contributed by atoms with Crippen LogP contribution in [0.2, 0.25) is 0 Å². The maximum absolute atomic E-state index is 10.0. The van der Waals surface area contributed by atoms with E-state index in [0.29, 0.717) is 0 Å². The molecule has 42 valence electrons. The van der Waals surface area contributed by atoms with E-state index in [9.17, 15) is 4.79 Å². The number of carboxylic acid groups (broad SMARTS) is 1. The third-order valence-electron chi connectivity index (χ3n) is 0.642. The lowest BCUT2D eigenvalue weighted by atomic mass is 10.1. The van der Waals surface area contributed by atoms with E-state index in [1.54, 1.807) is 20.8 Å². The fourth-order valence-corrected chi connectivity index (χ4v) is 0. The van der Waals surface area contributed by atoms with Gasteiger partial charge in [-0.05, 0) is 20.8 Å². The maximum atomic E-state index is 10.0. The van der Waals surface area contributed by atoms with Gasteiger partial charge in [0.2, 0.25) is 0 Å². The minimum absolute atomic E-state index is 0.583. The lowest BCUT2D eigenvalue weighted by Crippen LogP contribution is -2.18. The summed E-state index contributed by atoms with van der Waals surface area (Å²) < 4.78 is 0. The Morgan fingerprint density at radius 1 is 1.43 bits per heavy atom. The maximum Gasteiger partial charge on any atom is 0.308 e. The average Bonchev–Trinajstić information content (AvgIpc) is 1.31. The third kappa shape index (κ3) is 2.20. The van der Waals surface area contributed by atoms with Crippen LogP contribution in [-0.4, -0.2) is 11.1 Å². The molecule has 0 aliphatic rings. The van der Waals surface area contributed by atoms with Crippen molar-refractivity contribution in [1.29, 1.82) is 0 Å². The molecule has 0 spiro atoms. The second kappa shape index (κ2) is 1.52. The molecule has 0 aromatic heterocycles. The quantitative estimate of drug-likeness (QED) is 0.466. The molecule has 0 heterocycles. The molecule has 0 bridgehead atoms. The molecule has 2 heteroatoms. The van der Waals surface area contributed by atoms with Crippen LogP contribution in [0.5, 0.6) is 0 Å². The zero-order valence-corrected chi connectivity index (χ0v) is 4.86. The van der Waals surface area contributed by atoms with Crippen LogP contribution in [0, 0.1) is 5.41 Å². The molecule has 1 N–H and O–H groups in total. The van der Waals surface area contributed by atoms with Crippen molar-refractivity contribution in [3.8, 4) is 0 Å². The highest BCUT2D eigenvalue weighted by Crippen LogP contribution is 2.11. The number of hydrogen-bond acceptors (Lipinski definition) is 1. The van der Waals surface area contributed by atoms with Gasteiger partial charge in [0.25, 0.3) is 0 Å². The average molecular weight is 103 g/mol.